The van der Waals surface area contributed by atoms with Crippen molar-refractivity contribution in [3.8, 4) is 0 Å². The van der Waals surface area contributed by atoms with E-state index in [9.17, 15) is 4.39 Å². The molecule has 0 amide bonds. The van der Waals surface area contributed by atoms with Gasteiger partial charge in [-0.25, -0.2) is 15.2 Å². The molecule has 0 aromatic carbocycles. The van der Waals surface area contributed by atoms with E-state index < -0.39 is 5.82 Å². The topological polar surface area (TPSA) is 67.1 Å². The quantitative estimate of drug-likeness (QED) is 0.605. The highest BCUT2D eigenvalue weighted by atomic mass is 19.1. The average Bonchev–Trinajstić information content (AvgIpc) is 2.55. The van der Waals surface area contributed by atoms with E-state index in [1.54, 1.807) is 0 Å². The molecule has 5 nitrogen and oxygen atoms in total. The summed E-state index contributed by atoms with van der Waals surface area (Å²) in [6, 6.07) is 0. The Morgan fingerprint density at radius 1 is 1.47 bits per heavy atom. The molecule has 0 radical (unpaired) electrons. The highest BCUT2D eigenvalue weighted by Crippen LogP contribution is 2.23. The third kappa shape index (κ3) is 2.82. The molecule has 1 unspecified atom stereocenters. The van der Waals surface area contributed by atoms with Gasteiger partial charge in [-0.15, -0.1) is 0 Å². The number of hydrogen-bond acceptors (Lipinski definition) is 5. The third-order valence-electron chi connectivity index (χ3n) is 3.17. The smallest absolute Gasteiger partial charge is 0.239 e. The second kappa shape index (κ2) is 5.27. The number of anilines is 2. The van der Waals surface area contributed by atoms with Crippen LogP contribution in [0.4, 0.5) is 16.2 Å². The third-order valence-corrected chi connectivity index (χ3v) is 3.17. The number of rotatable bonds is 2. The second-order valence-electron chi connectivity index (χ2n) is 4.53. The van der Waals surface area contributed by atoms with E-state index in [0.29, 0.717) is 11.7 Å². The van der Waals surface area contributed by atoms with E-state index in [2.05, 4.69) is 22.3 Å². The minimum Gasteiger partial charge on any atom is -0.354 e. The summed E-state index contributed by atoms with van der Waals surface area (Å²) in [5.74, 6) is 6.13. The number of nitrogen functional groups attached to an aromatic ring is 1. The summed E-state index contributed by atoms with van der Waals surface area (Å²) in [6.45, 7) is 3.90. The van der Waals surface area contributed by atoms with Crippen LogP contribution in [0.3, 0.4) is 0 Å². The van der Waals surface area contributed by atoms with Crippen LogP contribution in [-0.2, 0) is 0 Å². The van der Waals surface area contributed by atoms with E-state index in [4.69, 9.17) is 5.84 Å². The van der Waals surface area contributed by atoms with Crippen LogP contribution in [0.1, 0.15) is 26.2 Å². The maximum Gasteiger partial charge on any atom is 0.239 e. The molecule has 1 saturated heterocycles. The Labute approximate surface area is 100 Å². The normalized spacial score (nSPS) is 21.1. The molecule has 17 heavy (non-hydrogen) atoms. The van der Waals surface area contributed by atoms with Crippen LogP contribution in [0.2, 0.25) is 0 Å². The summed E-state index contributed by atoms with van der Waals surface area (Å²) in [4.78, 5) is 9.80. The minimum atomic E-state index is -0.390. The van der Waals surface area contributed by atoms with Crippen molar-refractivity contribution >= 4 is 11.8 Å². The van der Waals surface area contributed by atoms with Crippen LogP contribution in [0.25, 0.3) is 0 Å². The molecule has 0 bridgehead atoms. The Bertz CT molecular complexity index is 384. The van der Waals surface area contributed by atoms with Crippen molar-refractivity contribution < 1.29 is 4.39 Å². The van der Waals surface area contributed by atoms with Crippen LogP contribution in [0.5, 0.6) is 0 Å². The van der Waals surface area contributed by atoms with Crippen molar-refractivity contribution in [1.29, 1.82) is 0 Å². The first-order valence-corrected chi connectivity index (χ1v) is 5.95. The van der Waals surface area contributed by atoms with Crippen LogP contribution < -0.4 is 16.2 Å². The zero-order valence-corrected chi connectivity index (χ0v) is 9.99. The van der Waals surface area contributed by atoms with E-state index in [0.717, 1.165) is 32.1 Å². The molecule has 2 heterocycles. The maximum atomic E-state index is 13.7. The van der Waals surface area contributed by atoms with Gasteiger partial charge in [-0.2, -0.15) is 4.98 Å². The monoisotopic (exact) mass is 239 g/mol. The Hall–Kier alpha value is -1.43. The summed E-state index contributed by atoms with van der Waals surface area (Å²) < 4.78 is 13.7. The second-order valence-corrected chi connectivity index (χ2v) is 4.53. The molecule has 3 N–H and O–H groups in total. The number of aromatic nitrogens is 2. The predicted molar refractivity (Wildman–Crippen MR) is 65.0 cm³/mol. The summed E-state index contributed by atoms with van der Waals surface area (Å²) in [5.41, 5.74) is 2.34. The lowest BCUT2D eigenvalue weighted by Gasteiger charge is -2.22. The Morgan fingerprint density at radius 2 is 2.29 bits per heavy atom. The number of hydrazine groups is 1. The summed E-state index contributed by atoms with van der Waals surface area (Å²) >= 11 is 0. The molecule has 2 rings (SSSR count). The van der Waals surface area contributed by atoms with Crippen molar-refractivity contribution in [2.45, 2.75) is 26.2 Å². The first-order chi connectivity index (χ1) is 8.20. The number of nitrogens with one attached hydrogen (secondary N) is 1. The van der Waals surface area contributed by atoms with E-state index in [-0.39, 0.29) is 5.95 Å². The van der Waals surface area contributed by atoms with Crippen molar-refractivity contribution in [2.24, 2.45) is 11.8 Å². The Balaban J connectivity index is 2.20. The molecular formula is C11H18FN5. The minimum absolute atomic E-state index is 0.249. The van der Waals surface area contributed by atoms with Gasteiger partial charge in [-0.1, -0.05) is 6.92 Å². The van der Waals surface area contributed by atoms with Crippen molar-refractivity contribution in [3.05, 3.63) is 12.0 Å². The van der Waals surface area contributed by atoms with Crippen LogP contribution in [0.15, 0.2) is 6.20 Å². The van der Waals surface area contributed by atoms with Gasteiger partial charge in [0.15, 0.2) is 11.6 Å². The lowest BCUT2D eigenvalue weighted by Crippen LogP contribution is -2.27. The average molecular weight is 239 g/mol. The van der Waals surface area contributed by atoms with Gasteiger partial charge >= 0.3 is 0 Å². The van der Waals surface area contributed by atoms with Crippen LogP contribution in [0, 0.1) is 11.7 Å². The fourth-order valence-corrected chi connectivity index (χ4v) is 2.12. The first-order valence-electron chi connectivity index (χ1n) is 5.95. The van der Waals surface area contributed by atoms with E-state index >= 15 is 0 Å². The zero-order chi connectivity index (χ0) is 12.3. The molecular weight excluding hydrogens is 221 g/mol. The molecule has 1 aromatic rings. The Morgan fingerprint density at radius 3 is 3.06 bits per heavy atom. The molecule has 6 heteroatoms. The molecule has 1 fully saturated rings. The molecule has 1 aliphatic rings. The van der Waals surface area contributed by atoms with Gasteiger partial charge in [-0.05, 0) is 25.2 Å². The van der Waals surface area contributed by atoms with Gasteiger partial charge in [0, 0.05) is 13.1 Å². The molecule has 0 saturated carbocycles. The number of halogens is 1. The number of nitrogens with zero attached hydrogens (tertiary/aromatic N) is 3. The van der Waals surface area contributed by atoms with E-state index in [1.165, 1.54) is 6.42 Å². The van der Waals surface area contributed by atoms with Gasteiger partial charge in [0.2, 0.25) is 5.95 Å². The van der Waals surface area contributed by atoms with Gasteiger partial charge in [0.25, 0.3) is 0 Å². The summed E-state index contributed by atoms with van der Waals surface area (Å²) in [7, 11) is 0. The molecule has 1 aromatic heterocycles. The zero-order valence-electron chi connectivity index (χ0n) is 9.99. The van der Waals surface area contributed by atoms with Gasteiger partial charge in [-0.3, -0.25) is 5.43 Å². The maximum absolute atomic E-state index is 13.7. The lowest BCUT2D eigenvalue weighted by atomic mass is 10.0. The lowest BCUT2D eigenvalue weighted by molar-refractivity contribution is 0.520. The van der Waals surface area contributed by atoms with Gasteiger partial charge in [0.1, 0.15) is 0 Å². The predicted octanol–water partition coefficient (Wildman–Crippen LogP) is 1.53. The number of nitrogens with two attached hydrogens (primary N) is 1. The fourth-order valence-electron chi connectivity index (χ4n) is 2.12. The van der Waals surface area contributed by atoms with Crippen molar-refractivity contribution in [1.82, 2.24) is 9.97 Å². The van der Waals surface area contributed by atoms with Crippen LogP contribution in [-0.4, -0.2) is 23.1 Å². The molecule has 1 atom stereocenters. The molecule has 0 spiro atoms. The SMILES string of the molecule is CC1CCCN(c2nc(NN)ncc2F)CC1. The summed E-state index contributed by atoms with van der Waals surface area (Å²) in [5, 5.41) is 0. The highest BCUT2D eigenvalue weighted by Gasteiger charge is 2.18. The van der Waals surface area contributed by atoms with Crippen molar-refractivity contribution in [2.75, 3.05) is 23.4 Å². The Kier molecular flexibility index (Phi) is 3.73. The molecule has 94 valence electrons. The molecule has 1 aliphatic heterocycles. The van der Waals surface area contributed by atoms with Crippen LogP contribution >= 0.6 is 0 Å². The van der Waals surface area contributed by atoms with Crippen molar-refractivity contribution in [3.63, 3.8) is 0 Å². The standard InChI is InChI=1S/C11H18FN5/c1-8-3-2-5-17(6-4-8)10-9(12)7-14-11(15-10)16-13/h7-8H,2-6,13H2,1H3,(H,14,15,16). The fraction of sp³-hybridized carbons (Fsp3) is 0.636. The molecule has 0 aliphatic carbocycles. The first kappa shape index (κ1) is 12.0. The number of hydrogen-bond donors (Lipinski definition) is 2. The van der Waals surface area contributed by atoms with E-state index in [1.807, 2.05) is 4.90 Å². The van der Waals surface area contributed by atoms with Gasteiger partial charge in [0.05, 0.1) is 6.20 Å². The largest absolute Gasteiger partial charge is 0.354 e. The van der Waals surface area contributed by atoms with Gasteiger partial charge < -0.3 is 4.90 Å². The highest BCUT2D eigenvalue weighted by molar-refractivity contribution is 5.43. The summed E-state index contributed by atoms with van der Waals surface area (Å²) in [6.07, 6.45) is 4.47.